The van der Waals surface area contributed by atoms with Crippen molar-refractivity contribution in [3.05, 3.63) is 0 Å². The molecule has 0 saturated heterocycles. The first-order valence-electron chi connectivity index (χ1n) is 10.3. The van der Waals surface area contributed by atoms with E-state index in [0.717, 1.165) is 57.6 Å². The number of unbranched alkanes of at least 4 members (excludes halogenated alkanes) is 6. The molecule has 0 heterocycles. The molecule has 0 spiro atoms. The van der Waals surface area contributed by atoms with Crippen LogP contribution in [0.4, 0.5) is 0 Å². The van der Waals surface area contributed by atoms with Gasteiger partial charge in [0.1, 0.15) is 0 Å². The van der Waals surface area contributed by atoms with E-state index in [1.54, 1.807) is 0 Å². The molecule has 0 aromatic carbocycles. The molecule has 3 atom stereocenters. The summed E-state index contributed by atoms with van der Waals surface area (Å²) in [6.07, 6.45) is 14.6. The highest BCUT2D eigenvalue weighted by atomic mass is 32.2. The number of methoxy groups -OCH3 is 1. The van der Waals surface area contributed by atoms with Crippen molar-refractivity contribution in [2.45, 2.75) is 96.5 Å². The Kier molecular flexibility index (Phi) is 11.4. The van der Waals surface area contributed by atoms with Gasteiger partial charge in [-0.15, -0.1) is 0 Å². The predicted molar refractivity (Wildman–Crippen MR) is 104 cm³/mol. The van der Waals surface area contributed by atoms with Gasteiger partial charge >= 0.3 is 5.97 Å². The third-order valence-corrected chi connectivity index (χ3v) is 5.89. The topological polar surface area (TPSA) is 69.7 Å². The van der Waals surface area contributed by atoms with E-state index in [1.807, 2.05) is 0 Å². The van der Waals surface area contributed by atoms with Crippen LogP contribution in [-0.4, -0.2) is 33.9 Å². The molecule has 0 N–H and O–H groups in total. The van der Waals surface area contributed by atoms with Gasteiger partial charge in [-0.25, -0.2) is 0 Å². The van der Waals surface area contributed by atoms with Crippen molar-refractivity contribution in [1.29, 1.82) is 0 Å². The zero-order valence-electron chi connectivity index (χ0n) is 16.9. The zero-order valence-corrected chi connectivity index (χ0v) is 17.7. The quantitative estimate of drug-likeness (QED) is 0.214. The highest BCUT2D eigenvalue weighted by Gasteiger charge is 2.37. The Morgan fingerprint density at radius 1 is 1.00 bits per heavy atom. The Labute approximate surface area is 160 Å². The summed E-state index contributed by atoms with van der Waals surface area (Å²) in [7, 11) is -1.96. The lowest BCUT2D eigenvalue weighted by molar-refractivity contribution is -0.141. The second-order valence-electron chi connectivity index (χ2n) is 7.80. The van der Waals surface area contributed by atoms with Crippen molar-refractivity contribution in [3.8, 4) is 0 Å². The molecule has 1 aliphatic rings. The normalized spacial score (nSPS) is 20.7. The molecule has 1 unspecified atom stereocenters. The lowest BCUT2D eigenvalue weighted by atomic mass is 10.0. The van der Waals surface area contributed by atoms with Crippen molar-refractivity contribution in [3.63, 3.8) is 0 Å². The number of carbonyl (C=O) groups is 1. The molecule has 0 aromatic rings. The summed E-state index contributed by atoms with van der Waals surface area (Å²) in [5, 5.41) is 0. The molecule has 1 rings (SSSR count). The Morgan fingerprint density at radius 2 is 1.62 bits per heavy atom. The highest BCUT2D eigenvalue weighted by Crippen LogP contribution is 2.45. The molecule has 1 saturated carbocycles. The van der Waals surface area contributed by atoms with Crippen LogP contribution in [0.15, 0.2) is 0 Å². The van der Waals surface area contributed by atoms with Crippen LogP contribution in [0.1, 0.15) is 90.4 Å². The Balaban J connectivity index is 2.17. The molecule has 0 aliphatic heterocycles. The van der Waals surface area contributed by atoms with Gasteiger partial charge in [-0.2, -0.15) is 8.42 Å². The predicted octanol–water partition coefficient (Wildman–Crippen LogP) is 4.84. The van der Waals surface area contributed by atoms with Crippen LogP contribution in [0, 0.1) is 11.8 Å². The molecule has 154 valence electrons. The minimum Gasteiger partial charge on any atom is -0.469 e. The summed E-state index contributed by atoms with van der Waals surface area (Å²) >= 11 is 0. The minimum absolute atomic E-state index is 0.113. The summed E-state index contributed by atoms with van der Waals surface area (Å²) in [6.45, 7) is 2.20. The van der Waals surface area contributed by atoms with Crippen LogP contribution >= 0.6 is 0 Å². The van der Waals surface area contributed by atoms with Gasteiger partial charge in [0.15, 0.2) is 0 Å². The number of hydrogen-bond acceptors (Lipinski definition) is 5. The average Bonchev–Trinajstić information content (AvgIpc) is 3.30. The first-order chi connectivity index (χ1) is 12.4. The lowest BCUT2D eigenvalue weighted by Crippen LogP contribution is -2.17. The Morgan fingerprint density at radius 3 is 2.23 bits per heavy atom. The molecular formula is C20H38O5S. The van der Waals surface area contributed by atoms with Crippen molar-refractivity contribution in [1.82, 2.24) is 0 Å². The molecule has 26 heavy (non-hydrogen) atoms. The van der Waals surface area contributed by atoms with E-state index in [2.05, 4.69) is 6.92 Å². The third-order valence-electron chi connectivity index (χ3n) is 5.27. The van der Waals surface area contributed by atoms with Gasteiger partial charge in [-0.1, -0.05) is 64.7 Å². The number of carbonyl (C=O) groups excluding carboxylic acids is 1. The maximum Gasteiger partial charge on any atom is 0.305 e. The number of hydrogen-bond donors (Lipinski definition) is 0. The van der Waals surface area contributed by atoms with Crippen molar-refractivity contribution >= 4 is 16.1 Å². The summed E-state index contributed by atoms with van der Waals surface area (Å²) < 4.78 is 32.9. The van der Waals surface area contributed by atoms with Crippen LogP contribution < -0.4 is 0 Å². The van der Waals surface area contributed by atoms with E-state index in [-0.39, 0.29) is 12.1 Å². The van der Waals surface area contributed by atoms with Gasteiger partial charge < -0.3 is 4.74 Å². The van der Waals surface area contributed by atoms with E-state index >= 15 is 0 Å². The van der Waals surface area contributed by atoms with E-state index in [0.29, 0.717) is 18.3 Å². The first kappa shape index (κ1) is 23.4. The number of esters is 1. The van der Waals surface area contributed by atoms with Gasteiger partial charge in [0.2, 0.25) is 0 Å². The molecule has 0 amide bonds. The standard InChI is InChI=1S/C20H38O5S/c1-4-5-6-7-8-9-13-19(25-26(3,22)23)14-11-10-12-17-15-18(17)16-20(21)24-2/h17-19H,4-16H2,1-3H3/t17-,18+,19?/m1/s1. The first-order valence-corrected chi connectivity index (χ1v) is 12.1. The van der Waals surface area contributed by atoms with Crippen LogP contribution in [-0.2, 0) is 23.8 Å². The van der Waals surface area contributed by atoms with Crippen molar-refractivity contribution in [2.24, 2.45) is 11.8 Å². The second-order valence-corrected chi connectivity index (χ2v) is 9.40. The molecule has 1 aliphatic carbocycles. The summed E-state index contributed by atoms with van der Waals surface area (Å²) in [5.74, 6) is 1.02. The molecule has 0 radical (unpaired) electrons. The monoisotopic (exact) mass is 390 g/mol. The Bertz CT molecular complexity index is 488. The SMILES string of the molecule is CCCCCCCCC(CCCC[C@@H]1C[C@H]1CC(=O)OC)OS(C)(=O)=O. The fraction of sp³-hybridized carbons (Fsp3) is 0.950. The fourth-order valence-corrected chi connectivity index (χ4v) is 4.32. The molecule has 6 heteroatoms. The van der Waals surface area contributed by atoms with Gasteiger partial charge in [0.25, 0.3) is 10.1 Å². The smallest absolute Gasteiger partial charge is 0.305 e. The third kappa shape index (κ3) is 11.9. The van der Waals surface area contributed by atoms with E-state index in [1.165, 1.54) is 32.8 Å². The van der Waals surface area contributed by atoms with Crippen molar-refractivity contribution < 1.29 is 22.1 Å². The van der Waals surface area contributed by atoms with E-state index in [4.69, 9.17) is 8.92 Å². The number of ether oxygens (including phenoxy) is 1. The molecule has 5 nitrogen and oxygen atoms in total. The minimum atomic E-state index is -3.39. The average molecular weight is 391 g/mol. The lowest BCUT2D eigenvalue weighted by Gasteiger charge is -2.16. The zero-order chi connectivity index (χ0) is 19.4. The van der Waals surface area contributed by atoms with Crippen LogP contribution in [0.25, 0.3) is 0 Å². The van der Waals surface area contributed by atoms with E-state index < -0.39 is 10.1 Å². The summed E-state index contributed by atoms with van der Waals surface area (Å²) in [6, 6.07) is 0. The van der Waals surface area contributed by atoms with Crippen molar-refractivity contribution in [2.75, 3.05) is 13.4 Å². The number of rotatable bonds is 16. The summed E-state index contributed by atoms with van der Waals surface area (Å²) in [4.78, 5) is 11.2. The van der Waals surface area contributed by atoms with Gasteiger partial charge in [0.05, 0.1) is 19.5 Å². The molecule has 0 bridgehead atoms. The molecule has 1 fully saturated rings. The van der Waals surface area contributed by atoms with Gasteiger partial charge in [-0.3, -0.25) is 8.98 Å². The molecular weight excluding hydrogens is 352 g/mol. The summed E-state index contributed by atoms with van der Waals surface area (Å²) in [5.41, 5.74) is 0. The van der Waals surface area contributed by atoms with Crippen LogP contribution in [0.3, 0.4) is 0 Å². The highest BCUT2D eigenvalue weighted by molar-refractivity contribution is 7.86. The van der Waals surface area contributed by atoms with Gasteiger partial charge in [-0.05, 0) is 31.1 Å². The Hall–Kier alpha value is -0.620. The van der Waals surface area contributed by atoms with Crippen LogP contribution in [0.2, 0.25) is 0 Å². The fourth-order valence-electron chi connectivity index (χ4n) is 3.63. The second kappa shape index (κ2) is 12.7. The van der Waals surface area contributed by atoms with E-state index in [9.17, 15) is 13.2 Å². The van der Waals surface area contributed by atoms with Crippen LogP contribution in [0.5, 0.6) is 0 Å². The molecule has 0 aromatic heterocycles. The maximum absolute atomic E-state index is 11.5. The largest absolute Gasteiger partial charge is 0.469 e. The van der Waals surface area contributed by atoms with Gasteiger partial charge in [0, 0.05) is 6.42 Å². The maximum atomic E-state index is 11.5.